The number of rotatable bonds is 8. The fraction of sp³-hybridized carbons (Fsp3) is 0.600. The minimum absolute atomic E-state index is 0.346. The lowest BCUT2D eigenvalue weighted by molar-refractivity contribution is 0.161. The monoisotopic (exact) mass is 266 g/mol. The molecule has 0 spiro atoms. The van der Waals surface area contributed by atoms with Crippen molar-refractivity contribution in [3.05, 3.63) is 18.2 Å². The lowest BCUT2D eigenvalue weighted by atomic mass is 10.1. The smallest absolute Gasteiger partial charge is 0.123 e. The summed E-state index contributed by atoms with van der Waals surface area (Å²) in [6.07, 6.45) is 1.40. The zero-order valence-corrected chi connectivity index (χ0v) is 12.1. The number of aliphatic hydroxyl groups excluding tert-OH is 1. The highest BCUT2D eigenvalue weighted by Gasteiger charge is 2.07. The van der Waals surface area contributed by atoms with Gasteiger partial charge < -0.3 is 20.9 Å². The van der Waals surface area contributed by atoms with Gasteiger partial charge in [0.15, 0.2) is 0 Å². The highest BCUT2D eigenvalue weighted by atomic mass is 16.5. The molecule has 0 fully saturated rings. The predicted octanol–water partition coefficient (Wildman–Crippen LogP) is 2.88. The summed E-state index contributed by atoms with van der Waals surface area (Å²) in [5.41, 5.74) is 7.38. The third-order valence-corrected chi connectivity index (χ3v) is 2.69. The topological polar surface area (TPSA) is 67.5 Å². The molecule has 0 heterocycles. The Morgan fingerprint density at radius 3 is 2.68 bits per heavy atom. The first-order valence-corrected chi connectivity index (χ1v) is 6.96. The van der Waals surface area contributed by atoms with Crippen molar-refractivity contribution in [2.45, 2.75) is 39.7 Å². The number of nitrogen functional groups attached to an aromatic ring is 1. The van der Waals surface area contributed by atoms with E-state index >= 15 is 0 Å². The quantitative estimate of drug-likeness (QED) is 0.633. The Labute approximate surface area is 116 Å². The Kier molecular flexibility index (Phi) is 6.50. The predicted molar refractivity (Wildman–Crippen MR) is 80.6 cm³/mol. The maximum atomic E-state index is 9.84. The molecule has 1 unspecified atom stereocenters. The Balaban J connectivity index is 2.55. The van der Waals surface area contributed by atoms with Crippen LogP contribution < -0.4 is 15.8 Å². The van der Waals surface area contributed by atoms with Gasteiger partial charge in [-0.3, -0.25) is 0 Å². The molecule has 0 saturated carbocycles. The van der Waals surface area contributed by atoms with Crippen molar-refractivity contribution in [2.24, 2.45) is 5.92 Å². The van der Waals surface area contributed by atoms with Crippen molar-refractivity contribution < 1.29 is 9.84 Å². The Bertz CT molecular complexity index is 380. The summed E-state index contributed by atoms with van der Waals surface area (Å²) < 4.78 is 5.57. The molecule has 0 bridgehead atoms. The number of anilines is 2. The summed E-state index contributed by atoms with van der Waals surface area (Å²) >= 11 is 0. The van der Waals surface area contributed by atoms with Crippen LogP contribution in [0.15, 0.2) is 18.2 Å². The summed E-state index contributed by atoms with van der Waals surface area (Å²) in [6, 6.07) is 5.57. The summed E-state index contributed by atoms with van der Waals surface area (Å²) in [5, 5.41) is 13.0. The van der Waals surface area contributed by atoms with Crippen LogP contribution in [-0.2, 0) is 0 Å². The summed E-state index contributed by atoms with van der Waals surface area (Å²) in [4.78, 5) is 0. The molecule has 1 atom stereocenters. The number of nitrogens with two attached hydrogens (primary N) is 1. The van der Waals surface area contributed by atoms with Crippen LogP contribution in [0, 0.1) is 5.92 Å². The van der Waals surface area contributed by atoms with E-state index in [1.54, 1.807) is 0 Å². The van der Waals surface area contributed by atoms with Gasteiger partial charge in [0, 0.05) is 30.1 Å². The van der Waals surface area contributed by atoms with Crippen LogP contribution in [0.2, 0.25) is 0 Å². The van der Waals surface area contributed by atoms with Gasteiger partial charge in [0.2, 0.25) is 0 Å². The molecular weight excluding hydrogens is 240 g/mol. The van der Waals surface area contributed by atoms with Gasteiger partial charge in [-0.15, -0.1) is 0 Å². The molecule has 1 aromatic rings. The molecule has 0 radical (unpaired) electrons. The fourth-order valence-corrected chi connectivity index (χ4v) is 1.89. The molecule has 0 amide bonds. The zero-order valence-electron chi connectivity index (χ0n) is 12.1. The largest absolute Gasteiger partial charge is 0.493 e. The molecule has 4 nitrogen and oxygen atoms in total. The highest BCUT2D eigenvalue weighted by Crippen LogP contribution is 2.23. The number of nitrogens with one attached hydrogen (secondary N) is 1. The average Bonchev–Trinajstić information content (AvgIpc) is 2.32. The second kappa shape index (κ2) is 7.89. The molecule has 1 rings (SSSR count). The van der Waals surface area contributed by atoms with E-state index in [2.05, 4.69) is 26.1 Å². The van der Waals surface area contributed by atoms with Gasteiger partial charge in [-0.25, -0.2) is 0 Å². The molecule has 0 aliphatic carbocycles. The molecule has 1 aromatic carbocycles. The van der Waals surface area contributed by atoms with E-state index in [9.17, 15) is 5.11 Å². The molecular formula is C15H26N2O2. The van der Waals surface area contributed by atoms with Gasteiger partial charge in [-0.05, 0) is 24.8 Å². The van der Waals surface area contributed by atoms with E-state index in [1.807, 2.05) is 18.2 Å². The molecule has 0 aromatic heterocycles. The first-order chi connectivity index (χ1) is 9.01. The maximum Gasteiger partial charge on any atom is 0.123 e. The van der Waals surface area contributed by atoms with Crippen molar-refractivity contribution in [3.63, 3.8) is 0 Å². The van der Waals surface area contributed by atoms with Gasteiger partial charge in [-0.1, -0.05) is 20.8 Å². The first kappa shape index (κ1) is 15.6. The number of benzene rings is 1. The lowest BCUT2D eigenvalue weighted by Gasteiger charge is -2.16. The number of aliphatic hydroxyl groups is 1. The van der Waals surface area contributed by atoms with Crippen molar-refractivity contribution >= 4 is 11.4 Å². The van der Waals surface area contributed by atoms with Gasteiger partial charge in [0.1, 0.15) is 5.75 Å². The summed E-state index contributed by atoms with van der Waals surface area (Å²) in [7, 11) is 0. The number of ether oxygens (including phenoxy) is 1. The SMILES string of the molecule is CCCOc1cc(N)cc(NCC(O)CC(C)C)c1. The van der Waals surface area contributed by atoms with Gasteiger partial charge in [0.05, 0.1) is 12.7 Å². The van der Waals surface area contributed by atoms with E-state index in [0.717, 1.165) is 24.3 Å². The molecule has 19 heavy (non-hydrogen) atoms. The molecule has 4 heteroatoms. The van der Waals surface area contributed by atoms with Crippen molar-refractivity contribution in [1.82, 2.24) is 0 Å². The van der Waals surface area contributed by atoms with Crippen molar-refractivity contribution in [2.75, 3.05) is 24.2 Å². The second-order valence-electron chi connectivity index (χ2n) is 5.30. The minimum Gasteiger partial charge on any atom is -0.493 e. The summed E-state index contributed by atoms with van der Waals surface area (Å²) in [5.74, 6) is 1.25. The third kappa shape index (κ3) is 6.34. The lowest BCUT2D eigenvalue weighted by Crippen LogP contribution is -2.21. The van der Waals surface area contributed by atoms with E-state index in [1.165, 1.54) is 0 Å². The van der Waals surface area contributed by atoms with Crippen LogP contribution in [0.4, 0.5) is 11.4 Å². The normalized spacial score (nSPS) is 12.5. The Morgan fingerprint density at radius 2 is 2.05 bits per heavy atom. The van der Waals surface area contributed by atoms with Gasteiger partial charge >= 0.3 is 0 Å². The maximum absolute atomic E-state index is 9.84. The molecule has 4 N–H and O–H groups in total. The Morgan fingerprint density at radius 1 is 1.32 bits per heavy atom. The molecule has 0 aliphatic heterocycles. The fourth-order valence-electron chi connectivity index (χ4n) is 1.89. The van der Waals surface area contributed by atoms with Crippen LogP contribution in [0.25, 0.3) is 0 Å². The average molecular weight is 266 g/mol. The minimum atomic E-state index is -0.346. The molecule has 108 valence electrons. The van der Waals surface area contributed by atoms with E-state index in [-0.39, 0.29) is 6.10 Å². The standard InChI is InChI=1S/C15H26N2O2/c1-4-5-19-15-8-12(16)7-13(9-15)17-10-14(18)6-11(2)3/h7-9,11,14,17-18H,4-6,10,16H2,1-3H3. The highest BCUT2D eigenvalue weighted by molar-refractivity contribution is 5.59. The van der Waals surface area contributed by atoms with Crippen LogP contribution in [-0.4, -0.2) is 24.4 Å². The van der Waals surface area contributed by atoms with Crippen molar-refractivity contribution in [1.29, 1.82) is 0 Å². The summed E-state index contributed by atoms with van der Waals surface area (Å²) in [6.45, 7) is 7.46. The second-order valence-corrected chi connectivity index (χ2v) is 5.30. The molecule has 0 saturated heterocycles. The van der Waals surface area contributed by atoms with Crippen molar-refractivity contribution in [3.8, 4) is 5.75 Å². The first-order valence-electron chi connectivity index (χ1n) is 6.96. The van der Waals surface area contributed by atoms with Crippen LogP contribution in [0.5, 0.6) is 5.75 Å². The zero-order chi connectivity index (χ0) is 14.3. The number of hydrogen-bond acceptors (Lipinski definition) is 4. The van der Waals surface area contributed by atoms with Crippen LogP contribution in [0.3, 0.4) is 0 Å². The number of hydrogen-bond donors (Lipinski definition) is 3. The van der Waals surface area contributed by atoms with Gasteiger partial charge in [0.25, 0.3) is 0 Å². The van der Waals surface area contributed by atoms with Crippen LogP contribution >= 0.6 is 0 Å². The van der Waals surface area contributed by atoms with E-state index < -0.39 is 0 Å². The van der Waals surface area contributed by atoms with Crippen LogP contribution in [0.1, 0.15) is 33.6 Å². The van der Waals surface area contributed by atoms with Gasteiger partial charge in [-0.2, -0.15) is 0 Å². The van der Waals surface area contributed by atoms with E-state index in [0.29, 0.717) is 24.8 Å². The third-order valence-electron chi connectivity index (χ3n) is 2.69. The van der Waals surface area contributed by atoms with E-state index in [4.69, 9.17) is 10.5 Å². The molecule has 0 aliphatic rings. The Hall–Kier alpha value is -1.42.